The van der Waals surface area contributed by atoms with Gasteiger partial charge in [-0.15, -0.1) is 0 Å². The van der Waals surface area contributed by atoms with E-state index in [9.17, 15) is 8.42 Å². The molecule has 3 heterocycles. The quantitative estimate of drug-likeness (QED) is 0.441. The van der Waals surface area contributed by atoms with E-state index in [1.54, 1.807) is 0 Å². The lowest BCUT2D eigenvalue weighted by Gasteiger charge is -2.18. The second kappa shape index (κ2) is 3.72. The largest absolute Gasteiger partial charge is 0.288 e. The second-order valence-electron chi connectivity index (χ2n) is 5.20. The number of para-hydroxylation sites is 2. The molecular formula is C16H9N3O2S. The molecule has 0 saturated carbocycles. The fraction of sp³-hybridized carbons (Fsp3) is 0. The third kappa shape index (κ3) is 1.22. The topological polar surface area (TPSA) is 64.8 Å². The SMILES string of the molecule is O=S1(=O)c2nccnc2-c2cccc3c4ccccc4n1c23. The van der Waals surface area contributed by atoms with Gasteiger partial charge < -0.3 is 0 Å². The molecule has 5 nitrogen and oxygen atoms in total. The van der Waals surface area contributed by atoms with E-state index in [1.165, 1.54) is 16.4 Å². The third-order valence-corrected chi connectivity index (χ3v) is 5.70. The Morgan fingerprint density at radius 1 is 0.864 bits per heavy atom. The molecule has 0 saturated heterocycles. The van der Waals surface area contributed by atoms with Crippen LogP contribution in [-0.2, 0) is 10.0 Å². The van der Waals surface area contributed by atoms with E-state index in [0.717, 1.165) is 16.3 Å². The lowest BCUT2D eigenvalue weighted by molar-refractivity contribution is 0.585. The van der Waals surface area contributed by atoms with Crippen LogP contribution in [0.5, 0.6) is 0 Å². The van der Waals surface area contributed by atoms with Crippen LogP contribution in [0.1, 0.15) is 0 Å². The molecule has 0 unspecified atom stereocenters. The molecule has 22 heavy (non-hydrogen) atoms. The lowest BCUT2D eigenvalue weighted by Crippen LogP contribution is -2.19. The van der Waals surface area contributed by atoms with Crippen LogP contribution in [-0.4, -0.2) is 22.4 Å². The smallest absolute Gasteiger partial charge is 0.251 e. The first kappa shape index (κ1) is 11.9. The summed E-state index contributed by atoms with van der Waals surface area (Å²) in [6.07, 6.45) is 2.93. The van der Waals surface area contributed by atoms with E-state index in [-0.39, 0.29) is 5.03 Å². The molecule has 0 aliphatic carbocycles. The molecular weight excluding hydrogens is 298 g/mol. The zero-order valence-corrected chi connectivity index (χ0v) is 12.1. The minimum Gasteiger partial charge on any atom is -0.251 e. The number of rotatable bonds is 0. The van der Waals surface area contributed by atoms with Gasteiger partial charge in [-0.3, -0.25) is 4.98 Å². The Morgan fingerprint density at radius 2 is 1.64 bits per heavy atom. The normalized spacial score (nSPS) is 15.1. The van der Waals surface area contributed by atoms with Crippen LogP contribution in [0.15, 0.2) is 59.9 Å². The van der Waals surface area contributed by atoms with Gasteiger partial charge in [-0.2, -0.15) is 8.42 Å². The monoisotopic (exact) mass is 307 g/mol. The standard InChI is InChI=1S/C16H9N3O2S/c20-22(21)16-14(17-8-9-18-16)12-6-3-5-11-10-4-1-2-7-13(10)19(22)15(11)12/h1-9H. The van der Waals surface area contributed by atoms with Gasteiger partial charge in [-0.25, -0.2) is 8.96 Å². The minimum atomic E-state index is -3.75. The molecule has 1 aliphatic heterocycles. The van der Waals surface area contributed by atoms with Crippen molar-refractivity contribution in [2.24, 2.45) is 0 Å². The average Bonchev–Trinajstić information content (AvgIpc) is 2.89. The fourth-order valence-corrected chi connectivity index (χ4v) is 4.83. The molecule has 0 atom stereocenters. The summed E-state index contributed by atoms with van der Waals surface area (Å²) in [6, 6.07) is 13.3. The van der Waals surface area contributed by atoms with Crippen molar-refractivity contribution in [3.63, 3.8) is 0 Å². The maximum absolute atomic E-state index is 13.0. The Morgan fingerprint density at radius 3 is 2.55 bits per heavy atom. The van der Waals surface area contributed by atoms with Crippen LogP contribution in [0.25, 0.3) is 33.1 Å². The van der Waals surface area contributed by atoms with Crippen molar-refractivity contribution in [3.8, 4) is 11.3 Å². The van der Waals surface area contributed by atoms with Crippen LogP contribution >= 0.6 is 0 Å². The molecule has 106 valence electrons. The van der Waals surface area contributed by atoms with Crippen molar-refractivity contribution in [1.82, 2.24) is 13.9 Å². The summed E-state index contributed by atoms with van der Waals surface area (Å²) >= 11 is 0. The molecule has 2 aromatic carbocycles. The van der Waals surface area contributed by atoms with Crippen molar-refractivity contribution in [3.05, 3.63) is 54.9 Å². The maximum atomic E-state index is 13.0. The molecule has 0 fully saturated rings. The number of hydrogen-bond donors (Lipinski definition) is 0. The highest BCUT2D eigenvalue weighted by atomic mass is 32.2. The highest BCUT2D eigenvalue weighted by Gasteiger charge is 2.34. The Balaban J connectivity index is 2.19. The van der Waals surface area contributed by atoms with E-state index in [4.69, 9.17) is 0 Å². The summed E-state index contributed by atoms with van der Waals surface area (Å²) in [7, 11) is -3.75. The van der Waals surface area contributed by atoms with Gasteiger partial charge in [0.2, 0.25) is 5.03 Å². The average molecular weight is 307 g/mol. The Kier molecular flexibility index (Phi) is 2.01. The van der Waals surface area contributed by atoms with Crippen LogP contribution in [0.3, 0.4) is 0 Å². The summed E-state index contributed by atoms with van der Waals surface area (Å²) in [6.45, 7) is 0. The molecule has 6 heteroatoms. The first-order valence-corrected chi connectivity index (χ1v) is 8.23. The van der Waals surface area contributed by atoms with Crippen molar-refractivity contribution < 1.29 is 8.42 Å². The van der Waals surface area contributed by atoms with E-state index in [0.29, 0.717) is 16.7 Å². The first-order valence-electron chi connectivity index (χ1n) is 6.79. The summed E-state index contributed by atoms with van der Waals surface area (Å²) in [5.41, 5.74) is 2.56. The van der Waals surface area contributed by atoms with Crippen molar-refractivity contribution in [2.45, 2.75) is 5.03 Å². The molecule has 0 bridgehead atoms. The predicted octanol–water partition coefficient (Wildman–Crippen LogP) is 2.80. The molecule has 0 spiro atoms. The Labute approximate surface area is 125 Å². The first-order chi connectivity index (χ1) is 10.7. The van der Waals surface area contributed by atoms with E-state index in [2.05, 4.69) is 9.97 Å². The fourth-order valence-electron chi connectivity index (χ4n) is 3.20. The van der Waals surface area contributed by atoms with Gasteiger partial charge in [0.1, 0.15) is 5.69 Å². The second-order valence-corrected chi connectivity index (χ2v) is 6.90. The van der Waals surface area contributed by atoms with Gasteiger partial charge in [-0.1, -0.05) is 36.4 Å². The molecule has 0 N–H and O–H groups in total. The summed E-state index contributed by atoms with van der Waals surface area (Å²) in [5.74, 6) is 0. The number of benzene rings is 2. The molecule has 0 amide bonds. The van der Waals surface area contributed by atoms with Gasteiger partial charge in [0.05, 0.1) is 11.0 Å². The van der Waals surface area contributed by atoms with Crippen molar-refractivity contribution >= 4 is 31.8 Å². The summed E-state index contributed by atoms with van der Waals surface area (Å²) in [4.78, 5) is 8.33. The molecule has 4 aromatic rings. The number of nitrogens with zero attached hydrogens (tertiary/aromatic N) is 3. The van der Waals surface area contributed by atoms with Crippen LogP contribution in [0, 0.1) is 0 Å². The highest BCUT2D eigenvalue weighted by molar-refractivity contribution is 7.90. The van der Waals surface area contributed by atoms with Crippen LogP contribution in [0.2, 0.25) is 0 Å². The van der Waals surface area contributed by atoms with Crippen LogP contribution < -0.4 is 0 Å². The molecule has 1 aliphatic rings. The number of hydrogen-bond acceptors (Lipinski definition) is 4. The summed E-state index contributed by atoms with van der Waals surface area (Å²) in [5, 5.41) is 1.83. The van der Waals surface area contributed by atoms with E-state index in [1.807, 2.05) is 42.5 Å². The molecule has 5 rings (SSSR count). The third-order valence-electron chi connectivity index (χ3n) is 4.06. The number of fused-ring (bicyclic) bond motifs is 5. The Hall–Kier alpha value is -2.73. The maximum Gasteiger partial charge on any atom is 0.288 e. The Bertz CT molecular complexity index is 1190. The zero-order chi connectivity index (χ0) is 14.9. The lowest BCUT2D eigenvalue weighted by atomic mass is 10.1. The predicted molar refractivity (Wildman–Crippen MR) is 83.1 cm³/mol. The number of aromatic nitrogens is 3. The molecule has 0 radical (unpaired) electrons. The zero-order valence-electron chi connectivity index (χ0n) is 11.3. The van der Waals surface area contributed by atoms with Crippen molar-refractivity contribution in [2.75, 3.05) is 0 Å². The van der Waals surface area contributed by atoms with Crippen molar-refractivity contribution in [1.29, 1.82) is 0 Å². The van der Waals surface area contributed by atoms with Gasteiger partial charge in [0.25, 0.3) is 10.0 Å². The minimum absolute atomic E-state index is 0.0105. The van der Waals surface area contributed by atoms with Gasteiger partial charge >= 0.3 is 0 Å². The summed E-state index contributed by atoms with van der Waals surface area (Å²) < 4.78 is 27.4. The van der Waals surface area contributed by atoms with E-state index < -0.39 is 10.0 Å². The van der Waals surface area contributed by atoms with Gasteiger partial charge in [0, 0.05) is 28.7 Å². The van der Waals surface area contributed by atoms with Crippen LogP contribution in [0.4, 0.5) is 0 Å². The van der Waals surface area contributed by atoms with E-state index >= 15 is 0 Å². The van der Waals surface area contributed by atoms with Gasteiger partial charge in [0.15, 0.2) is 0 Å². The molecule has 2 aromatic heterocycles. The highest BCUT2D eigenvalue weighted by Crippen LogP contribution is 2.42. The van der Waals surface area contributed by atoms with Gasteiger partial charge in [-0.05, 0) is 6.07 Å².